The molecule has 6 heteroatoms. The molecule has 2 atom stereocenters. The van der Waals surface area contributed by atoms with Crippen molar-refractivity contribution in [1.29, 1.82) is 5.26 Å². The Morgan fingerprint density at radius 2 is 1.95 bits per heavy atom. The van der Waals surface area contributed by atoms with Crippen LogP contribution in [0.3, 0.4) is 0 Å². The zero-order chi connectivity index (χ0) is 15.9. The average Bonchev–Trinajstić information content (AvgIpc) is 2.52. The third-order valence-electron chi connectivity index (χ3n) is 3.06. The molecule has 0 aromatic heterocycles. The van der Waals surface area contributed by atoms with Crippen LogP contribution in [0.5, 0.6) is 0 Å². The number of carbonyl (C=O) groups is 2. The lowest BCUT2D eigenvalue weighted by molar-refractivity contribution is -0.159. The van der Waals surface area contributed by atoms with Crippen LogP contribution in [-0.4, -0.2) is 24.1 Å². The van der Waals surface area contributed by atoms with Crippen LogP contribution in [0.2, 0.25) is 0 Å². The number of hydrogen-bond acceptors (Lipinski definition) is 6. The van der Waals surface area contributed by atoms with Crippen LogP contribution in [0.15, 0.2) is 30.3 Å². The Balaban J connectivity index is 2.72. The lowest BCUT2D eigenvalue weighted by Crippen LogP contribution is -2.55. The van der Waals surface area contributed by atoms with Crippen molar-refractivity contribution < 1.29 is 19.1 Å². The van der Waals surface area contributed by atoms with Crippen LogP contribution in [0.25, 0.3) is 0 Å². The van der Waals surface area contributed by atoms with Crippen molar-refractivity contribution in [2.24, 2.45) is 11.7 Å². The Labute approximate surface area is 123 Å². The van der Waals surface area contributed by atoms with Crippen molar-refractivity contribution in [3.63, 3.8) is 0 Å². The molecule has 0 aliphatic heterocycles. The first-order valence-electron chi connectivity index (χ1n) is 6.53. The lowest BCUT2D eigenvalue weighted by atomic mass is 9.87. The summed E-state index contributed by atoms with van der Waals surface area (Å²) in [5.41, 5.74) is 4.45. The smallest absolute Gasteiger partial charge is 0.341 e. The van der Waals surface area contributed by atoms with Crippen molar-refractivity contribution in [3.05, 3.63) is 35.9 Å². The maximum absolute atomic E-state index is 12.0. The van der Waals surface area contributed by atoms with Crippen molar-refractivity contribution in [1.82, 2.24) is 0 Å². The van der Waals surface area contributed by atoms with Gasteiger partial charge in [0.1, 0.15) is 6.61 Å². The summed E-state index contributed by atoms with van der Waals surface area (Å²) in [4.78, 5) is 23.7. The van der Waals surface area contributed by atoms with Gasteiger partial charge in [-0.05, 0) is 19.4 Å². The molecule has 1 aromatic carbocycles. The second-order valence-electron chi connectivity index (χ2n) is 4.52. The fourth-order valence-corrected chi connectivity index (χ4v) is 1.61. The van der Waals surface area contributed by atoms with E-state index >= 15 is 0 Å². The first-order chi connectivity index (χ1) is 9.95. The van der Waals surface area contributed by atoms with Gasteiger partial charge >= 0.3 is 11.9 Å². The number of ether oxygens (including phenoxy) is 2. The second kappa shape index (κ2) is 7.41. The highest BCUT2D eigenvalue weighted by Crippen LogP contribution is 2.18. The maximum atomic E-state index is 12.0. The van der Waals surface area contributed by atoms with Gasteiger partial charge in [-0.3, -0.25) is 4.79 Å². The van der Waals surface area contributed by atoms with Crippen molar-refractivity contribution in [2.75, 3.05) is 6.61 Å². The van der Waals surface area contributed by atoms with Gasteiger partial charge in [-0.2, -0.15) is 5.26 Å². The number of carbonyl (C=O) groups excluding carboxylic acids is 2. The molecule has 0 spiro atoms. The Bertz CT molecular complexity index is 538. The summed E-state index contributed by atoms with van der Waals surface area (Å²) >= 11 is 0. The summed E-state index contributed by atoms with van der Waals surface area (Å²) in [5, 5.41) is 9.10. The highest BCUT2D eigenvalue weighted by Gasteiger charge is 2.46. The highest BCUT2D eigenvalue weighted by atomic mass is 16.5. The third-order valence-corrected chi connectivity index (χ3v) is 3.06. The summed E-state index contributed by atoms with van der Waals surface area (Å²) in [5.74, 6) is -2.79. The minimum Gasteiger partial charge on any atom is -0.464 e. The van der Waals surface area contributed by atoms with E-state index in [4.69, 9.17) is 20.5 Å². The molecular weight excluding hydrogens is 272 g/mol. The molecule has 0 heterocycles. The predicted molar refractivity (Wildman–Crippen MR) is 74.6 cm³/mol. The standard InChI is InChI=1S/C15H18N2O4/c1-3-20-14(19)15(17,10-16)11(2)13(18)21-9-12-7-5-4-6-8-12/h4-8,11H,3,9,17H2,1-2H3. The summed E-state index contributed by atoms with van der Waals surface area (Å²) in [7, 11) is 0. The minimum atomic E-state index is -2.05. The SMILES string of the molecule is CCOC(=O)C(N)(C#N)C(C)C(=O)OCc1ccccc1. The molecule has 0 fully saturated rings. The van der Waals surface area contributed by atoms with Crippen LogP contribution in [0, 0.1) is 17.2 Å². The highest BCUT2D eigenvalue weighted by molar-refractivity contribution is 5.91. The average molecular weight is 290 g/mol. The van der Waals surface area contributed by atoms with Gasteiger partial charge in [0.25, 0.3) is 0 Å². The zero-order valence-electron chi connectivity index (χ0n) is 12.0. The van der Waals surface area contributed by atoms with Gasteiger partial charge in [-0.1, -0.05) is 30.3 Å². The van der Waals surface area contributed by atoms with Crippen molar-refractivity contribution in [2.45, 2.75) is 26.0 Å². The van der Waals surface area contributed by atoms with E-state index in [9.17, 15) is 9.59 Å². The number of nitrogens with two attached hydrogens (primary N) is 1. The molecule has 0 saturated heterocycles. The Morgan fingerprint density at radius 3 is 2.48 bits per heavy atom. The molecule has 6 nitrogen and oxygen atoms in total. The van der Waals surface area contributed by atoms with E-state index in [1.165, 1.54) is 6.92 Å². The molecule has 112 valence electrons. The molecule has 2 unspecified atom stereocenters. The van der Waals surface area contributed by atoms with Gasteiger partial charge in [-0.15, -0.1) is 0 Å². The van der Waals surface area contributed by atoms with Crippen molar-refractivity contribution >= 4 is 11.9 Å². The summed E-state index contributed by atoms with van der Waals surface area (Å²) in [6, 6.07) is 10.7. The van der Waals surface area contributed by atoms with Gasteiger partial charge in [0.05, 0.1) is 18.6 Å². The first-order valence-corrected chi connectivity index (χ1v) is 6.53. The van der Waals surface area contributed by atoms with Gasteiger partial charge in [0.15, 0.2) is 0 Å². The van der Waals surface area contributed by atoms with Gasteiger partial charge in [0, 0.05) is 0 Å². The number of benzene rings is 1. The molecule has 1 aromatic rings. The molecule has 21 heavy (non-hydrogen) atoms. The largest absolute Gasteiger partial charge is 0.464 e. The minimum absolute atomic E-state index is 0.0499. The molecule has 1 rings (SSSR count). The van der Waals surface area contributed by atoms with Crippen LogP contribution >= 0.6 is 0 Å². The molecule has 0 radical (unpaired) electrons. The maximum Gasteiger partial charge on any atom is 0.341 e. The van der Waals surface area contributed by atoms with E-state index in [0.717, 1.165) is 5.56 Å². The fourth-order valence-electron chi connectivity index (χ4n) is 1.61. The van der Waals surface area contributed by atoms with Gasteiger partial charge in [0.2, 0.25) is 5.54 Å². The van der Waals surface area contributed by atoms with Crippen LogP contribution in [0.1, 0.15) is 19.4 Å². The number of esters is 2. The molecule has 2 N–H and O–H groups in total. The Hall–Kier alpha value is -2.39. The molecule has 0 aliphatic rings. The van der Waals surface area contributed by atoms with E-state index in [1.54, 1.807) is 25.1 Å². The summed E-state index contributed by atoms with van der Waals surface area (Å²) in [6.45, 7) is 3.08. The van der Waals surface area contributed by atoms with Crippen LogP contribution in [-0.2, 0) is 25.7 Å². The second-order valence-corrected chi connectivity index (χ2v) is 4.52. The Morgan fingerprint density at radius 1 is 1.33 bits per heavy atom. The molecule has 0 bridgehead atoms. The zero-order valence-corrected chi connectivity index (χ0v) is 12.0. The van der Waals surface area contributed by atoms with Crippen LogP contribution < -0.4 is 5.73 Å². The van der Waals surface area contributed by atoms with Gasteiger partial charge in [-0.25, -0.2) is 4.79 Å². The number of nitriles is 1. The molecule has 0 amide bonds. The normalized spacial score (nSPS) is 14.4. The predicted octanol–water partition coefficient (Wildman–Crippen LogP) is 1.15. The molecule has 0 aliphatic carbocycles. The topological polar surface area (TPSA) is 102 Å². The van der Waals surface area contributed by atoms with Crippen molar-refractivity contribution in [3.8, 4) is 6.07 Å². The molecular formula is C15H18N2O4. The van der Waals surface area contributed by atoms with Gasteiger partial charge < -0.3 is 15.2 Å². The summed E-state index contributed by atoms with van der Waals surface area (Å²) < 4.78 is 9.83. The van der Waals surface area contributed by atoms with E-state index < -0.39 is 23.4 Å². The molecule has 0 saturated carbocycles. The lowest BCUT2D eigenvalue weighted by Gasteiger charge is -2.24. The van der Waals surface area contributed by atoms with E-state index in [0.29, 0.717) is 0 Å². The summed E-state index contributed by atoms with van der Waals surface area (Å²) in [6.07, 6.45) is 0. The fraction of sp³-hybridized carbons (Fsp3) is 0.400. The number of nitrogens with zero attached hydrogens (tertiary/aromatic N) is 1. The third kappa shape index (κ3) is 4.04. The van der Waals surface area contributed by atoms with E-state index in [2.05, 4.69) is 0 Å². The first kappa shape index (κ1) is 16.7. The number of hydrogen-bond donors (Lipinski definition) is 1. The number of rotatable bonds is 6. The monoisotopic (exact) mass is 290 g/mol. The van der Waals surface area contributed by atoms with E-state index in [1.807, 2.05) is 18.2 Å². The van der Waals surface area contributed by atoms with Crippen LogP contribution in [0.4, 0.5) is 0 Å². The Kier molecular flexibility index (Phi) is 5.88. The van der Waals surface area contributed by atoms with E-state index in [-0.39, 0.29) is 13.2 Å². The quantitative estimate of drug-likeness (QED) is 0.788.